The third-order valence-corrected chi connectivity index (χ3v) is 5.13. The number of anilines is 1. The van der Waals surface area contributed by atoms with Gasteiger partial charge in [0.25, 0.3) is 0 Å². The minimum Gasteiger partial charge on any atom is -0.491 e. The maximum absolute atomic E-state index is 12.6. The van der Waals surface area contributed by atoms with Crippen LogP contribution in [0.5, 0.6) is 5.75 Å². The van der Waals surface area contributed by atoms with Crippen molar-refractivity contribution in [2.75, 3.05) is 38.7 Å². The van der Waals surface area contributed by atoms with E-state index in [1.807, 2.05) is 42.5 Å². The van der Waals surface area contributed by atoms with Gasteiger partial charge in [0.15, 0.2) is 0 Å². The fraction of sp³-hybridized carbons (Fsp3) is 0.364. The summed E-state index contributed by atoms with van der Waals surface area (Å²) >= 11 is 0. The van der Waals surface area contributed by atoms with Gasteiger partial charge in [-0.05, 0) is 49.2 Å². The Hall–Kier alpha value is -3.46. The van der Waals surface area contributed by atoms with Gasteiger partial charge in [-0.2, -0.15) is 4.98 Å². The molecule has 0 spiro atoms. The van der Waals surface area contributed by atoms with E-state index in [2.05, 4.69) is 20.4 Å². The SMILES string of the molecule is COCCOc1ccc(NC(=O)N2CCC(c3nc(-c4ccccn4)no3)CC2)cc1. The van der Waals surface area contributed by atoms with E-state index < -0.39 is 0 Å². The van der Waals surface area contributed by atoms with E-state index in [0.29, 0.717) is 43.7 Å². The highest BCUT2D eigenvalue weighted by molar-refractivity contribution is 5.89. The molecule has 9 heteroatoms. The molecule has 1 saturated heterocycles. The molecule has 2 aromatic heterocycles. The third kappa shape index (κ3) is 5.37. The van der Waals surface area contributed by atoms with Crippen LogP contribution >= 0.6 is 0 Å². The number of methoxy groups -OCH3 is 1. The molecule has 0 bridgehead atoms. The number of nitrogens with zero attached hydrogens (tertiary/aromatic N) is 4. The molecule has 162 valence electrons. The number of carbonyl (C=O) groups is 1. The molecule has 4 rings (SSSR count). The van der Waals surface area contributed by atoms with Gasteiger partial charge in [-0.15, -0.1) is 0 Å². The number of benzene rings is 1. The molecule has 31 heavy (non-hydrogen) atoms. The first-order chi connectivity index (χ1) is 15.2. The largest absolute Gasteiger partial charge is 0.491 e. The lowest BCUT2D eigenvalue weighted by Crippen LogP contribution is -2.40. The van der Waals surface area contributed by atoms with Gasteiger partial charge in [0.05, 0.1) is 6.61 Å². The molecule has 0 radical (unpaired) electrons. The number of amides is 2. The van der Waals surface area contributed by atoms with Crippen LogP contribution in [0.25, 0.3) is 11.5 Å². The van der Waals surface area contributed by atoms with Gasteiger partial charge in [-0.25, -0.2) is 4.79 Å². The maximum Gasteiger partial charge on any atom is 0.321 e. The van der Waals surface area contributed by atoms with Crippen molar-refractivity contribution in [1.82, 2.24) is 20.0 Å². The molecule has 1 aliphatic rings. The summed E-state index contributed by atoms with van der Waals surface area (Å²) in [4.78, 5) is 23.1. The second kappa shape index (κ2) is 10.0. The Kier molecular flexibility index (Phi) is 6.73. The molecule has 0 aliphatic carbocycles. The van der Waals surface area contributed by atoms with Gasteiger partial charge in [0.2, 0.25) is 11.7 Å². The Morgan fingerprint density at radius 3 is 2.68 bits per heavy atom. The van der Waals surface area contributed by atoms with E-state index in [4.69, 9.17) is 14.0 Å². The predicted octanol–water partition coefficient (Wildman–Crippen LogP) is 3.57. The number of nitrogens with one attached hydrogen (secondary N) is 1. The fourth-order valence-corrected chi connectivity index (χ4v) is 3.41. The lowest BCUT2D eigenvalue weighted by atomic mass is 9.97. The molecular formula is C22H25N5O4. The average molecular weight is 423 g/mol. The first kappa shape index (κ1) is 20.8. The molecular weight excluding hydrogens is 398 g/mol. The zero-order valence-corrected chi connectivity index (χ0v) is 17.4. The van der Waals surface area contributed by atoms with Crippen LogP contribution in [-0.4, -0.2) is 59.5 Å². The van der Waals surface area contributed by atoms with Crippen LogP contribution in [0.1, 0.15) is 24.7 Å². The van der Waals surface area contributed by atoms with Gasteiger partial charge in [-0.3, -0.25) is 4.98 Å². The van der Waals surface area contributed by atoms with E-state index in [1.165, 1.54) is 0 Å². The second-order valence-electron chi connectivity index (χ2n) is 7.23. The first-order valence-corrected chi connectivity index (χ1v) is 10.3. The number of piperidine rings is 1. The normalized spacial score (nSPS) is 14.4. The van der Waals surface area contributed by atoms with E-state index in [-0.39, 0.29) is 11.9 Å². The number of aromatic nitrogens is 3. The van der Waals surface area contributed by atoms with Crippen LogP contribution in [-0.2, 0) is 4.74 Å². The summed E-state index contributed by atoms with van der Waals surface area (Å²) in [5.41, 5.74) is 1.41. The van der Waals surface area contributed by atoms with Gasteiger partial charge in [0, 0.05) is 38.0 Å². The van der Waals surface area contributed by atoms with Crippen LogP contribution < -0.4 is 10.1 Å². The number of hydrogen-bond acceptors (Lipinski definition) is 7. The summed E-state index contributed by atoms with van der Waals surface area (Å²) in [5.74, 6) is 1.97. The van der Waals surface area contributed by atoms with E-state index in [1.54, 1.807) is 18.2 Å². The Morgan fingerprint density at radius 2 is 1.97 bits per heavy atom. The fourth-order valence-electron chi connectivity index (χ4n) is 3.41. The number of ether oxygens (including phenoxy) is 2. The molecule has 3 aromatic rings. The Bertz CT molecular complexity index is 969. The van der Waals surface area contributed by atoms with Gasteiger partial charge >= 0.3 is 6.03 Å². The Labute approximate surface area is 180 Å². The summed E-state index contributed by atoms with van der Waals surface area (Å²) in [6, 6.07) is 12.8. The van der Waals surface area contributed by atoms with Crippen LogP contribution in [0.2, 0.25) is 0 Å². The highest BCUT2D eigenvalue weighted by Crippen LogP contribution is 2.28. The quantitative estimate of drug-likeness (QED) is 0.580. The summed E-state index contributed by atoms with van der Waals surface area (Å²) in [6.45, 7) is 2.26. The van der Waals surface area contributed by atoms with E-state index in [0.717, 1.165) is 24.3 Å². The highest BCUT2D eigenvalue weighted by Gasteiger charge is 2.28. The minimum absolute atomic E-state index is 0.119. The molecule has 1 aromatic carbocycles. The summed E-state index contributed by atoms with van der Waals surface area (Å²) < 4.78 is 16.0. The van der Waals surface area contributed by atoms with Crippen molar-refractivity contribution >= 4 is 11.7 Å². The Morgan fingerprint density at radius 1 is 1.16 bits per heavy atom. The molecule has 3 heterocycles. The lowest BCUT2D eigenvalue weighted by Gasteiger charge is -2.30. The van der Waals surface area contributed by atoms with Crippen molar-refractivity contribution in [3.63, 3.8) is 0 Å². The van der Waals surface area contributed by atoms with Crippen molar-refractivity contribution in [3.05, 3.63) is 54.6 Å². The van der Waals surface area contributed by atoms with Crippen molar-refractivity contribution in [2.45, 2.75) is 18.8 Å². The Balaban J connectivity index is 1.27. The molecule has 1 N–H and O–H groups in total. The summed E-state index contributed by atoms with van der Waals surface area (Å²) in [7, 11) is 1.63. The average Bonchev–Trinajstić information content (AvgIpc) is 3.31. The smallest absolute Gasteiger partial charge is 0.321 e. The van der Waals surface area contributed by atoms with Crippen LogP contribution in [0, 0.1) is 0 Å². The minimum atomic E-state index is -0.119. The highest BCUT2D eigenvalue weighted by atomic mass is 16.5. The van der Waals surface area contributed by atoms with Crippen molar-refractivity contribution in [2.24, 2.45) is 0 Å². The topological polar surface area (TPSA) is 103 Å². The first-order valence-electron chi connectivity index (χ1n) is 10.3. The molecule has 2 amide bonds. The zero-order chi connectivity index (χ0) is 21.5. The van der Waals surface area contributed by atoms with Crippen molar-refractivity contribution < 1.29 is 18.8 Å². The molecule has 0 unspecified atom stereocenters. The molecule has 0 saturated carbocycles. The van der Waals surface area contributed by atoms with Crippen LogP contribution in [0.15, 0.2) is 53.2 Å². The zero-order valence-electron chi connectivity index (χ0n) is 17.4. The molecule has 9 nitrogen and oxygen atoms in total. The maximum atomic E-state index is 12.6. The van der Waals surface area contributed by atoms with E-state index >= 15 is 0 Å². The van der Waals surface area contributed by atoms with Crippen molar-refractivity contribution in [1.29, 1.82) is 0 Å². The number of hydrogen-bond donors (Lipinski definition) is 1. The van der Waals surface area contributed by atoms with Crippen LogP contribution in [0.4, 0.5) is 10.5 Å². The number of rotatable bonds is 7. The molecule has 1 aliphatic heterocycles. The third-order valence-electron chi connectivity index (χ3n) is 5.13. The number of urea groups is 1. The van der Waals surface area contributed by atoms with Gasteiger partial charge < -0.3 is 24.2 Å². The van der Waals surface area contributed by atoms with Gasteiger partial charge in [-0.1, -0.05) is 11.2 Å². The monoisotopic (exact) mass is 423 g/mol. The number of likely N-dealkylation sites (tertiary alicyclic amines) is 1. The standard InChI is InChI=1S/C22H25N5O4/c1-29-14-15-30-18-7-5-17(6-8-18)24-22(28)27-12-9-16(10-13-27)21-25-20(26-31-21)19-4-2-3-11-23-19/h2-8,11,16H,9-10,12-15H2,1H3,(H,24,28). The van der Waals surface area contributed by atoms with Crippen molar-refractivity contribution in [3.8, 4) is 17.3 Å². The molecule has 1 fully saturated rings. The van der Waals surface area contributed by atoms with Crippen LogP contribution in [0.3, 0.4) is 0 Å². The predicted molar refractivity (Wildman–Crippen MR) is 114 cm³/mol. The number of carbonyl (C=O) groups excluding carboxylic acids is 1. The molecule has 0 atom stereocenters. The number of pyridine rings is 1. The van der Waals surface area contributed by atoms with Gasteiger partial charge in [0.1, 0.15) is 18.1 Å². The second-order valence-corrected chi connectivity index (χ2v) is 7.23. The lowest BCUT2D eigenvalue weighted by molar-refractivity contribution is 0.146. The van der Waals surface area contributed by atoms with E-state index in [9.17, 15) is 4.79 Å². The summed E-state index contributed by atoms with van der Waals surface area (Å²) in [5, 5.41) is 6.98. The summed E-state index contributed by atoms with van der Waals surface area (Å²) in [6.07, 6.45) is 3.23.